The lowest BCUT2D eigenvalue weighted by atomic mass is 9.77. The molecule has 1 aliphatic carbocycles. The summed E-state index contributed by atoms with van der Waals surface area (Å²) in [5, 5.41) is 0. The second kappa shape index (κ2) is 5.85. The molecule has 1 unspecified atom stereocenters. The summed E-state index contributed by atoms with van der Waals surface area (Å²) in [6, 6.07) is 1.78. The average molecular weight is 334 g/mol. The zero-order chi connectivity index (χ0) is 14.0. The van der Waals surface area contributed by atoms with Crippen LogP contribution in [0.3, 0.4) is 0 Å². The Hall–Kier alpha value is -0.520. The van der Waals surface area contributed by atoms with Crippen LogP contribution < -0.4 is 5.73 Å². The fourth-order valence-electron chi connectivity index (χ4n) is 2.88. The Labute approximate surface area is 120 Å². The van der Waals surface area contributed by atoms with Crippen LogP contribution in [0.25, 0.3) is 0 Å². The lowest BCUT2D eigenvalue weighted by Gasteiger charge is -2.41. The summed E-state index contributed by atoms with van der Waals surface area (Å²) in [6.45, 7) is 0. The fraction of sp³-hybridized carbons (Fsp3) is 0.571. The van der Waals surface area contributed by atoms with Gasteiger partial charge in [0.15, 0.2) is 0 Å². The average Bonchev–Trinajstić information content (AvgIpc) is 2.44. The van der Waals surface area contributed by atoms with Gasteiger partial charge in [0, 0.05) is 12.7 Å². The maximum Gasteiger partial charge on any atom is 0.145 e. The molecule has 106 valence electrons. The molecule has 1 aliphatic rings. The van der Waals surface area contributed by atoms with E-state index in [1.807, 2.05) is 0 Å². The molecule has 0 saturated heterocycles. The predicted molar refractivity (Wildman–Crippen MR) is 73.8 cm³/mol. The lowest BCUT2D eigenvalue weighted by Crippen LogP contribution is -2.45. The molecule has 1 fully saturated rings. The minimum atomic E-state index is -0.796. The van der Waals surface area contributed by atoms with E-state index in [1.165, 1.54) is 12.1 Å². The minimum absolute atomic E-state index is 0.0851. The number of methoxy groups -OCH3 is 1. The number of hydrogen-bond donors (Lipinski definition) is 1. The van der Waals surface area contributed by atoms with Gasteiger partial charge in [-0.15, -0.1) is 0 Å². The molecule has 0 aromatic heterocycles. The number of nitrogens with two attached hydrogens (primary N) is 1. The third-order valence-electron chi connectivity index (χ3n) is 4.06. The molecular formula is C14H18BrF2NO. The lowest BCUT2D eigenvalue weighted by molar-refractivity contribution is -0.0609. The Morgan fingerprint density at radius 2 is 1.89 bits per heavy atom. The van der Waals surface area contributed by atoms with Gasteiger partial charge < -0.3 is 10.5 Å². The molecule has 19 heavy (non-hydrogen) atoms. The van der Waals surface area contributed by atoms with Gasteiger partial charge in [-0.1, -0.05) is 19.3 Å². The smallest absolute Gasteiger partial charge is 0.145 e. The molecule has 1 saturated carbocycles. The van der Waals surface area contributed by atoms with Crippen LogP contribution >= 0.6 is 15.9 Å². The Kier molecular flexibility index (Phi) is 4.58. The highest BCUT2D eigenvalue weighted by Gasteiger charge is 2.41. The third-order valence-corrected chi connectivity index (χ3v) is 4.68. The quantitative estimate of drug-likeness (QED) is 0.846. The molecule has 0 spiro atoms. The highest BCUT2D eigenvalue weighted by atomic mass is 79.9. The maximum atomic E-state index is 14.2. The number of hydrogen-bond acceptors (Lipinski definition) is 2. The van der Waals surface area contributed by atoms with Crippen LogP contribution in [-0.4, -0.2) is 12.7 Å². The topological polar surface area (TPSA) is 35.2 Å². The molecule has 1 atom stereocenters. The molecule has 0 heterocycles. The zero-order valence-electron chi connectivity index (χ0n) is 10.9. The number of ether oxygens (including phenoxy) is 1. The van der Waals surface area contributed by atoms with Crippen molar-refractivity contribution in [2.45, 2.75) is 43.7 Å². The number of halogens is 3. The van der Waals surface area contributed by atoms with Crippen molar-refractivity contribution in [3.05, 3.63) is 33.8 Å². The van der Waals surface area contributed by atoms with Gasteiger partial charge in [-0.25, -0.2) is 8.78 Å². The van der Waals surface area contributed by atoms with Crippen molar-refractivity contribution in [1.82, 2.24) is 0 Å². The Bertz CT molecular complexity index is 461. The van der Waals surface area contributed by atoms with E-state index in [0.29, 0.717) is 0 Å². The van der Waals surface area contributed by atoms with Gasteiger partial charge in [0.25, 0.3) is 0 Å². The summed E-state index contributed by atoms with van der Waals surface area (Å²) < 4.78 is 33.9. The van der Waals surface area contributed by atoms with Crippen LogP contribution in [0.4, 0.5) is 8.78 Å². The van der Waals surface area contributed by atoms with E-state index in [9.17, 15) is 8.78 Å². The summed E-state index contributed by atoms with van der Waals surface area (Å²) in [5.74, 6) is -1.25. The third kappa shape index (κ3) is 2.69. The molecule has 2 N–H and O–H groups in total. The molecule has 0 bridgehead atoms. The van der Waals surface area contributed by atoms with Crippen molar-refractivity contribution >= 4 is 15.9 Å². The minimum Gasteiger partial charge on any atom is -0.376 e. The van der Waals surface area contributed by atoms with Crippen LogP contribution in [0.15, 0.2) is 16.6 Å². The normalized spacial score (nSPS) is 20.3. The van der Waals surface area contributed by atoms with Gasteiger partial charge in [0.05, 0.1) is 16.1 Å². The van der Waals surface area contributed by atoms with Gasteiger partial charge in [-0.05, 0) is 40.9 Å². The van der Waals surface area contributed by atoms with Crippen molar-refractivity contribution < 1.29 is 13.5 Å². The van der Waals surface area contributed by atoms with Crippen molar-refractivity contribution in [3.8, 4) is 0 Å². The van der Waals surface area contributed by atoms with Gasteiger partial charge in [-0.3, -0.25) is 0 Å². The number of rotatable bonds is 3. The van der Waals surface area contributed by atoms with Gasteiger partial charge >= 0.3 is 0 Å². The molecule has 0 radical (unpaired) electrons. The first-order valence-electron chi connectivity index (χ1n) is 6.46. The molecular weight excluding hydrogens is 316 g/mol. The Balaban J connectivity index is 2.42. The van der Waals surface area contributed by atoms with Gasteiger partial charge in [0.2, 0.25) is 0 Å². The molecule has 0 aliphatic heterocycles. The van der Waals surface area contributed by atoms with E-state index >= 15 is 0 Å². The first-order valence-corrected chi connectivity index (χ1v) is 7.25. The standard InChI is InChI=1S/C14H18BrF2NO/c1-19-14(7-3-2-4-8-14)13(18)11-10(16)6-5-9(15)12(11)17/h5-6,13H,2-4,7-8,18H2,1H3. The molecule has 0 amide bonds. The van der Waals surface area contributed by atoms with E-state index < -0.39 is 23.3 Å². The van der Waals surface area contributed by atoms with Gasteiger partial charge in [0.1, 0.15) is 11.6 Å². The molecule has 5 heteroatoms. The van der Waals surface area contributed by atoms with Crippen LogP contribution in [0.2, 0.25) is 0 Å². The summed E-state index contributed by atoms with van der Waals surface area (Å²) in [7, 11) is 1.57. The SMILES string of the molecule is COC1(C(N)c2c(F)ccc(Br)c2F)CCCCC1. The van der Waals surface area contributed by atoms with E-state index in [-0.39, 0.29) is 10.0 Å². The second-order valence-electron chi connectivity index (χ2n) is 5.06. The predicted octanol–water partition coefficient (Wildman–Crippen LogP) is 4.08. The van der Waals surface area contributed by atoms with Crippen molar-refractivity contribution in [2.75, 3.05) is 7.11 Å². The van der Waals surface area contributed by atoms with Crippen LogP contribution in [-0.2, 0) is 4.74 Å². The van der Waals surface area contributed by atoms with Crippen molar-refractivity contribution in [2.24, 2.45) is 5.73 Å². The summed E-state index contributed by atoms with van der Waals surface area (Å²) >= 11 is 3.07. The van der Waals surface area contributed by atoms with Crippen molar-refractivity contribution in [3.63, 3.8) is 0 Å². The van der Waals surface area contributed by atoms with Crippen LogP contribution in [0.1, 0.15) is 43.7 Å². The maximum absolute atomic E-state index is 14.2. The highest BCUT2D eigenvalue weighted by molar-refractivity contribution is 9.10. The first-order chi connectivity index (χ1) is 9.02. The molecule has 1 aromatic carbocycles. The van der Waals surface area contributed by atoms with Crippen molar-refractivity contribution in [1.29, 1.82) is 0 Å². The fourth-order valence-corrected chi connectivity index (χ4v) is 3.23. The summed E-state index contributed by atoms with van der Waals surface area (Å²) in [4.78, 5) is 0. The Morgan fingerprint density at radius 3 is 2.47 bits per heavy atom. The zero-order valence-corrected chi connectivity index (χ0v) is 12.5. The largest absolute Gasteiger partial charge is 0.376 e. The second-order valence-corrected chi connectivity index (χ2v) is 5.92. The first kappa shape index (κ1) is 14.9. The van der Waals surface area contributed by atoms with E-state index in [1.54, 1.807) is 7.11 Å². The van der Waals surface area contributed by atoms with E-state index in [0.717, 1.165) is 32.1 Å². The van der Waals surface area contributed by atoms with Gasteiger partial charge in [-0.2, -0.15) is 0 Å². The van der Waals surface area contributed by atoms with Crippen LogP contribution in [0.5, 0.6) is 0 Å². The monoisotopic (exact) mass is 333 g/mol. The van der Waals surface area contributed by atoms with E-state index in [4.69, 9.17) is 10.5 Å². The molecule has 1 aromatic rings. The van der Waals surface area contributed by atoms with Crippen LogP contribution in [0, 0.1) is 11.6 Å². The summed E-state index contributed by atoms with van der Waals surface area (Å²) in [6.07, 6.45) is 4.52. The summed E-state index contributed by atoms with van der Waals surface area (Å²) in [5.41, 5.74) is 5.41. The number of benzene rings is 1. The molecule has 2 nitrogen and oxygen atoms in total. The van der Waals surface area contributed by atoms with E-state index in [2.05, 4.69) is 15.9 Å². The molecule has 2 rings (SSSR count). The highest BCUT2D eigenvalue weighted by Crippen LogP contribution is 2.41. The Morgan fingerprint density at radius 1 is 1.26 bits per heavy atom.